The second-order valence-corrected chi connectivity index (χ2v) is 23.6. The van der Waals surface area contributed by atoms with Gasteiger partial charge < -0.3 is 29.1 Å². The lowest BCUT2D eigenvalue weighted by Crippen LogP contribution is -2.49. The number of anilines is 1. The summed E-state index contributed by atoms with van der Waals surface area (Å²) in [4.78, 5) is 12.9. The van der Waals surface area contributed by atoms with E-state index in [-0.39, 0.29) is 16.5 Å². The van der Waals surface area contributed by atoms with Crippen LogP contribution in [-0.4, -0.2) is 58.7 Å². The fourth-order valence-electron chi connectivity index (χ4n) is 4.11. The van der Waals surface area contributed by atoms with Gasteiger partial charge in [0.1, 0.15) is 11.7 Å². The molecule has 0 spiro atoms. The van der Waals surface area contributed by atoms with Crippen LogP contribution in [-0.2, 0) is 13.6 Å². The highest BCUT2D eigenvalue weighted by Gasteiger charge is 2.43. The molecule has 230 valence electrons. The number of carboxylic acids is 1. The van der Waals surface area contributed by atoms with Crippen molar-refractivity contribution in [2.75, 3.05) is 19.0 Å². The average molecular weight is 604 g/mol. The van der Waals surface area contributed by atoms with Crippen LogP contribution in [0.2, 0.25) is 36.3 Å². The van der Waals surface area contributed by atoms with Crippen LogP contribution >= 0.6 is 0 Å². The summed E-state index contributed by atoms with van der Waals surface area (Å²) in [7, 11) is -2.77. The minimum atomic E-state index is -2.25. The molecule has 0 fully saturated rings. The van der Waals surface area contributed by atoms with Crippen molar-refractivity contribution in [3.8, 4) is 5.75 Å². The van der Waals surface area contributed by atoms with E-state index in [1.165, 1.54) is 0 Å². The lowest BCUT2D eigenvalue weighted by molar-refractivity contribution is -0.147. The Kier molecular flexibility index (Phi) is 11.8. The summed E-state index contributed by atoms with van der Waals surface area (Å²) in [5, 5.41) is 25.5. The Morgan fingerprint density at radius 1 is 0.878 bits per heavy atom. The van der Waals surface area contributed by atoms with Gasteiger partial charge in [0.15, 0.2) is 16.6 Å². The lowest BCUT2D eigenvalue weighted by atomic mass is 9.86. The summed E-state index contributed by atoms with van der Waals surface area (Å²) in [5.74, 6) is -1.56. The van der Waals surface area contributed by atoms with Gasteiger partial charge >= 0.3 is 5.97 Å². The molecular formula is C32H53NO6Si2. The van der Waals surface area contributed by atoms with Crippen molar-refractivity contribution in [3.05, 3.63) is 60.2 Å². The molecule has 0 heterocycles. The van der Waals surface area contributed by atoms with Gasteiger partial charge in [0.2, 0.25) is 0 Å². The summed E-state index contributed by atoms with van der Waals surface area (Å²) < 4.78 is 18.7. The largest absolute Gasteiger partial charge is 0.497 e. The zero-order valence-electron chi connectivity index (χ0n) is 26.9. The van der Waals surface area contributed by atoms with Gasteiger partial charge in [-0.2, -0.15) is 0 Å². The van der Waals surface area contributed by atoms with Crippen molar-refractivity contribution >= 4 is 28.3 Å². The molecule has 0 aromatic heterocycles. The highest BCUT2D eigenvalue weighted by molar-refractivity contribution is 6.74. The molecule has 0 aliphatic rings. The van der Waals surface area contributed by atoms with E-state index in [2.05, 4.69) is 73.0 Å². The second-order valence-electron chi connectivity index (χ2n) is 14.0. The van der Waals surface area contributed by atoms with Crippen LogP contribution < -0.4 is 10.1 Å². The fraction of sp³-hybridized carbons (Fsp3) is 0.594. The quantitative estimate of drug-likeness (QED) is 0.190. The van der Waals surface area contributed by atoms with Crippen LogP contribution in [0.5, 0.6) is 5.75 Å². The SMILES string of the molecule is COc1ccc([C@H](Nc2ccccc2)[C@@H](C(=O)O)[C@H](O)C[C@@H](CO[Si](C)(C)C(C)(C)C)O[Si](C)(C)C(C)(C)C)cc1. The summed E-state index contributed by atoms with van der Waals surface area (Å²) in [6, 6.07) is 16.0. The molecule has 2 aromatic carbocycles. The Hall–Kier alpha value is -2.18. The first kappa shape index (κ1) is 35.0. The predicted molar refractivity (Wildman–Crippen MR) is 173 cm³/mol. The van der Waals surface area contributed by atoms with Crippen LogP contribution in [0.25, 0.3) is 0 Å². The number of methoxy groups -OCH3 is 1. The van der Waals surface area contributed by atoms with E-state index in [1.807, 2.05) is 42.5 Å². The van der Waals surface area contributed by atoms with Crippen molar-refractivity contribution in [2.45, 2.75) is 102 Å². The molecule has 41 heavy (non-hydrogen) atoms. The summed E-state index contributed by atoms with van der Waals surface area (Å²) in [5.41, 5.74) is 1.50. The number of hydrogen-bond donors (Lipinski definition) is 3. The normalized spacial score (nSPS) is 16.0. The van der Waals surface area contributed by atoms with E-state index in [0.717, 1.165) is 11.3 Å². The first-order valence-corrected chi connectivity index (χ1v) is 20.3. The number of aliphatic carboxylic acids is 1. The predicted octanol–water partition coefficient (Wildman–Crippen LogP) is 7.71. The standard InChI is InChI=1S/C32H53NO6Si2/c1-31(2,3)40(8,9)38-22-26(39-41(10,11)32(4,5)6)21-27(34)28(30(35)36)29(33-24-15-13-12-14-16-24)23-17-19-25(37-7)20-18-23/h12-20,26-29,33-34H,21-22H2,1-11H3,(H,35,36)/t26-,27+,28-,29-/m0/s1. The van der Waals surface area contributed by atoms with Gasteiger partial charge in [-0.05, 0) is 66.1 Å². The third-order valence-corrected chi connectivity index (χ3v) is 17.9. The van der Waals surface area contributed by atoms with Crippen LogP contribution in [0.15, 0.2) is 54.6 Å². The monoisotopic (exact) mass is 603 g/mol. The Morgan fingerprint density at radius 2 is 1.41 bits per heavy atom. The smallest absolute Gasteiger partial charge is 0.311 e. The minimum Gasteiger partial charge on any atom is -0.497 e. The first-order valence-electron chi connectivity index (χ1n) is 14.5. The van der Waals surface area contributed by atoms with Crippen molar-refractivity contribution < 1.29 is 28.6 Å². The highest BCUT2D eigenvalue weighted by atomic mass is 28.4. The third-order valence-electron chi connectivity index (χ3n) is 8.84. The van der Waals surface area contributed by atoms with Crippen molar-refractivity contribution in [3.63, 3.8) is 0 Å². The summed E-state index contributed by atoms with van der Waals surface area (Å²) in [6.45, 7) is 22.1. The molecule has 0 aliphatic heterocycles. The number of carbonyl (C=O) groups is 1. The first-order chi connectivity index (χ1) is 18.8. The van der Waals surface area contributed by atoms with E-state index >= 15 is 0 Å². The zero-order valence-corrected chi connectivity index (χ0v) is 28.9. The van der Waals surface area contributed by atoms with Crippen LogP contribution in [0.4, 0.5) is 5.69 Å². The van der Waals surface area contributed by atoms with E-state index in [4.69, 9.17) is 13.6 Å². The van der Waals surface area contributed by atoms with Crippen molar-refractivity contribution in [2.24, 2.45) is 5.92 Å². The van der Waals surface area contributed by atoms with Gasteiger partial charge in [-0.15, -0.1) is 0 Å². The number of para-hydroxylation sites is 1. The number of hydrogen-bond acceptors (Lipinski definition) is 6. The number of nitrogens with one attached hydrogen (secondary N) is 1. The number of ether oxygens (including phenoxy) is 1. The molecule has 9 heteroatoms. The van der Waals surface area contributed by atoms with Gasteiger partial charge in [-0.3, -0.25) is 4.79 Å². The molecule has 0 saturated carbocycles. The molecular weight excluding hydrogens is 551 g/mol. The van der Waals surface area contributed by atoms with E-state index in [0.29, 0.717) is 12.4 Å². The molecule has 0 saturated heterocycles. The fourth-order valence-corrected chi connectivity index (χ4v) is 6.50. The maximum absolute atomic E-state index is 12.9. The summed E-state index contributed by atoms with van der Waals surface area (Å²) in [6.07, 6.45) is -1.51. The molecule has 4 atom stereocenters. The van der Waals surface area contributed by atoms with Gasteiger partial charge in [0.25, 0.3) is 0 Å². The van der Waals surface area contributed by atoms with Gasteiger partial charge in [0.05, 0.1) is 32.0 Å². The molecule has 2 aromatic rings. The minimum absolute atomic E-state index is 0.00973. The topological polar surface area (TPSA) is 97.3 Å². The Balaban J connectivity index is 2.46. The van der Waals surface area contributed by atoms with Crippen molar-refractivity contribution in [1.82, 2.24) is 0 Å². The van der Waals surface area contributed by atoms with Crippen molar-refractivity contribution in [1.29, 1.82) is 0 Å². The highest BCUT2D eigenvalue weighted by Crippen LogP contribution is 2.40. The number of rotatable bonds is 14. The summed E-state index contributed by atoms with van der Waals surface area (Å²) >= 11 is 0. The van der Waals surface area contributed by atoms with Gasteiger partial charge in [0, 0.05) is 12.1 Å². The zero-order chi connectivity index (χ0) is 31.2. The molecule has 0 aliphatic carbocycles. The number of carboxylic acid groups (broad SMARTS) is 1. The molecule has 0 unspecified atom stereocenters. The number of aliphatic hydroxyl groups excluding tert-OH is 1. The number of benzene rings is 2. The molecule has 0 amide bonds. The Morgan fingerprint density at radius 3 is 1.88 bits per heavy atom. The molecule has 2 rings (SSSR count). The van der Waals surface area contributed by atoms with E-state index in [9.17, 15) is 15.0 Å². The lowest BCUT2D eigenvalue weighted by Gasteiger charge is -2.42. The van der Waals surface area contributed by atoms with Crippen LogP contribution in [0, 0.1) is 5.92 Å². The third kappa shape index (κ3) is 9.68. The average Bonchev–Trinajstić information content (AvgIpc) is 2.86. The van der Waals surface area contributed by atoms with Gasteiger partial charge in [-0.25, -0.2) is 0 Å². The molecule has 3 N–H and O–H groups in total. The van der Waals surface area contributed by atoms with E-state index < -0.39 is 46.8 Å². The maximum Gasteiger partial charge on any atom is 0.311 e. The Labute approximate surface area is 249 Å². The molecule has 0 bridgehead atoms. The Bertz CT molecular complexity index is 1090. The van der Waals surface area contributed by atoms with Crippen LogP contribution in [0.3, 0.4) is 0 Å². The second kappa shape index (κ2) is 13.9. The van der Waals surface area contributed by atoms with Crippen LogP contribution in [0.1, 0.15) is 59.6 Å². The maximum atomic E-state index is 12.9. The number of aliphatic hydroxyl groups is 1. The van der Waals surface area contributed by atoms with E-state index in [1.54, 1.807) is 19.2 Å². The van der Waals surface area contributed by atoms with Gasteiger partial charge in [-0.1, -0.05) is 71.9 Å². The molecule has 0 radical (unpaired) electrons. The molecule has 7 nitrogen and oxygen atoms in total.